The Morgan fingerprint density at radius 3 is 2.60 bits per heavy atom. The molecule has 0 aromatic rings. The van der Waals surface area contributed by atoms with Crippen molar-refractivity contribution in [3.63, 3.8) is 0 Å². The lowest BCUT2D eigenvalue weighted by molar-refractivity contribution is -0.340. The van der Waals surface area contributed by atoms with E-state index in [2.05, 4.69) is 20.8 Å². The van der Waals surface area contributed by atoms with Gasteiger partial charge in [0, 0.05) is 25.2 Å². The van der Waals surface area contributed by atoms with Crippen molar-refractivity contribution in [2.75, 3.05) is 6.61 Å². The standard InChI is InChI=1S/C34H50O8/c1-7-19(2)30-22(5)13-14-33(42-30)17-26-16-25(41-33)12-11-21(4)28(35)20(3)9-8-10-24-18-39-31-29(36)23(6)15-27(32(37)40-26)34(24,31)38/h8-11,15,19-20,22,25-31,35-36,38H,7,12-14,16-18H2,1-6H3/b9-8-,21-11-,24-10?. The van der Waals surface area contributed by atoms with Gasteiger partial charge in [-0.1, -0.05) is 64.5 Å². The summed E-state index contributed by atoms with van der Waals surface area (Å²) in [6, 6.07) is 0. The van der Waals surface area contributed by atoms with Crippen LogP contribution in [0.15, 0.2) is 47.1 Å². The highest BCUT2D eigenvalue weighted by atomic mass is 16.7. The summed E-state index contributed by atoms with van der Waals surface area (Å²) in [5.41, 5.74) is 0.156. The van der Waals surface area contributed by atoms with Crippen LogP contribution in [0.25, 0.3) is 0 Å². The van der Waals surface area contributed by atoms with Crippen LogP contribution in [0.3, 0.4) is 0 Å². The fraction of sp³-hybridized carbons (Fsp3) is 0.735. The highest BCUT2D eigenvalue weighted by molar-refractivity contribution is 5.78. The molecule has 0 saturated carbocycles. The highest BCUT2D eigenvalue weighted by Gasteiger charge is 2.60. The summed E-state index contributed by atoms with van der Waals surface area (Å²) in [4.78, 5) is 14.0. The first-order valence-electron chi connectivity index (χ1n) is 15.9. The van der Waals surface area contributed by atoms with Gasteiger partial charge in [0.2, 0.25) is 0 Å². The normalized spacial score (nSPS) is 47.4. The molecule has 3 fully saturated rings. The number of fused-ring (bicyclic) bond motifs is 2. The molecule has 8 nitrogen and oxygen atoms in total. The zero-order valence-electron chi connectivity index (χ0n) is 26.0. The molecule has 12 unspecified atom stereocenters. The van der Waals surface area contributed by atoms with Crippen molar-refractivity contribution >= 4 is 5.97 Å². The minimum atomic E-state index is -1.75. The highest BCUT2D eigenvalue weighted by Crippen LogP contribution is 2.47. The molecule has 3 N–H and O–H groups in total. The topological polar surface area (TPSA) is 115 Å². The zero-order chi connectivity index (χ0) is 30.4. The van der Waals surface area contributed by atoms with Crippen LogP contribution in [-0.4, -0.2) is 75.9 Å². The van der Waals surface area contributed by atoms with Crippen LogP contribution in [0.4, 0.5) is 0 Å². The van der Waals surface area contributed by atoms with Crippen LogP contribution in [0.2, 0.25) is 0 Å². The fourth-order valence-electron chi connectivity index (χ4n) is 7.55. The first-order valence-corrected chi connectivity index (χ1v) is 15.9. The number of rotatable bonds is 2. The van der Waals surface area contributed by atoms with Gasteiger partial charge in [0.15, 0.2) is 5.79 Å². The van der Waals surface area contributed by atoms with Crippen LogP contribution < -0.4 is 0 Å². The van der Waals surface area contributed by atoms with E-state index in [0.717, 1.165) is 18.4 Å². The smallest absolute Gasteiger partial charge is 0.316 e. The predicted molar refractivity (Wildman–Crippen MR) is 158 cm³/mol. The summed E-state index contributed by atoms with van der Waals surface area (Å²) in [7, 11) is 0. The van der Waals surface area contributed by atoms with Gasteiger partial charge in [0.05, 0.1) is 24.9 Å². The molecule has 42 heavy (non-hydrogen) atoms. The third-order valence-corrected chi connectivity index (χ3v) is 10.5. The number of carbonyl (C=O) groups is 1. The van der Waals surface area contributed by atoms with E-state index in [0.29, 0.717) is 48.7 Å². The van der Waals surface area contributed by atoms with Crippen LogP contribution in [0.1, 0.15) is 80.1 Å². The van der Waals surface area contributed by atoms with Crippen molar-refractivity contribution in [1.82, 2.24) is 0 Å². The lowest BCUT2D eigenvalue weighted by Crippen LogP contribution is -2.58. The Morgan fingerprint density at radius 1 is 1.10 bits per heavy atom. The third-order valence-electron chi connectivity index (χ3n) is 10.5. The maximum atomic E-state index is 14.0. The van der Waals surface area contributed by atoms with Crippen molar-refractivity contribution in [1.29, 1.82) is 0 Å². The number of carbonyl (C=O) groups excluding carboxylic acids is 1. The summed E-state index contributed by atoms with van der Waals surface area (Å²) in [6.45, 7) is 12.3. The van der Waals surface area contributed by atoms with Gasteiger partial charge in [-0.15, -0.1) is 0 Å². The average Bonchev–Trinajstić information content (AvgIpc) is 3.30. The Kier molecular flexibility index (Phi) is 9.25. The second kappa shape index (κ2) is 12.3. The van der Waals surface area contributed by atoms with Gasteiger partial charge in [-0.2, -0.15) is 0 Å². The fourth-order valence-corrected chi connectivity index (χ4v) is 7.55. The molecule has 1 spiro atoms. The molecule has 2 bridgehead atoms. The number of hydrogen-bond donors (Lipinski definition) is 3. The Balaban J connectivity index is 1.53. The molecule has 8 heteroatoms. The number of aliphatic hydroxyl groups excluding tert-OH is 2. The lowest BCUT2D eigenvalue weighted by atomic mass is 9.71. The first-order chi connectivity index (χ1) is 19.9. The molecule has 1 aliphatic carbocycles. The Hall–Kier alpha value is -1.81. The van der Waals surface area contributed by atoms with Crippen molar-refractivity contribution in [3.8, 4) is 0 Å². The quantitative estimate of drug-likeness (QED) is 0.320. The summed E-state index contributed by atoms with van der Waals surface area (Å²) in [5, 5.41) is 34.0. The van der Waals surface area contributed by atoms with Crippen LogP contribution in [0, 0.1) is 23.7 Å². The molecule has 5 rings (SSSR count). The lowest BCUT2D eigenvalue weighted by Gasteiger charge is -2.51. The molecule has 0 amide bonds. The predicted octanol–water partition coefficient (Wildman–Crippen LogP) is 4.53. The molecule has 234 valence electrons. The van der Waals surface area contributed by atoms with Crippen LogP contribution >= 0.6 is 0 Å². The minimum absolute atomic E-state index is 0.0404. The SMILES string of the molecule is CCC(C)C1OC2(CCC1C)CC1CC(C/C=C(/C)C(O)C(C)/C=C\C=C3COC4C(O)C(C)=CC(C(=O)O1)C34O)O2. The maximum absolute atomic E-state index is 14.0. The molecule has 4 aliphatic heterocycles. The van der Waals surface area contributed by atoms with E-state index in [1.807, 2.05) is 26.0 Å². The molecule has 4 heterocycles. The first kappa shape index (κ1) is 31.6. The van der Waals surface area contributed by atoms with Gasteiger partial charge in [0.1, 0.15) is 29.8 Å². The molecular weight excluding hydrogens is 536 g/mol. The molecule has 0 aromatic carbocycles. The van der Waals surface area contributed by atoms with Gasteiger partial charge in [-0.25, -0.2) is 0 Å². The summed E-state index contributed by atoms with van der Waals surface area (Å²) in [5.74, 6) is -1.88. The van der Waals surface area contributed by atoms with Crippen molar-refractivity contribution in [2.45, 2.75) is 128 Å². The van der Waals surface area contributed by atoms with E-state index in [4.69, 9.17) is 18.9 Å². The summed E-state index contributed by atoms with van der Waals surface area (Å²) >= 11 is 0. The van der Waals surface area contributed by atoms with Crippen LogP contribution in [-0.2, 0) is 23.7 Å². The monoisotopic (exact) mass is 586 g/mol. The molecule has 0 radical (unpaired) electrons. The van der Waals surface area contributed by atoms with E-state index < -0.39 is 47.7 Å². The van der Waals surface area contributed by atoms with E-state index in [-0.39, 0.29) is 24.7 Å². The third kappa shape index (κ3) is 5.83. The minimum Gasteiger partial charge on any atom is -0.462 e. The van der Waals surface area contributed by atoms with E-state index in [1.54, 1.807) is 25.2 Å². The van der Waals surface area contributed by atoms with Crippen molar-refractivity contribution in [2.24, 2.45) is 23.7 Å². The van der Waals surface area contributed by atoms with E-state index in [1.165, 1.54) is 0 Å². The van der Waals surface area contributed by atoms with Gasteiger partial charge < -0.3 is 34.3 Å². The Morgan fingerprint density at radius 2 is 1.86 bits per heavy atom. The average molecular weight is 587 g/mol. The van der Waals surface area contributed by atoms with Gasteiger partial charge in [0.25, 0.3) is 0 Å². The molecule has 3 saturated heterocycles. The number of ether oxygens (including phenoxy) is 4. The Labute approximate surface area is 250 Å². The van der Waals surface area contributed by atoms with Crippen molar-refractivity contribution in [3.05, 3.63) is 47.1 Å². The van der Waals surface area contributed by atoms with E-state index in [9.17, 15) is 20.1 Å². The maximum Gasteiger partial charge on any atom is 0.316 e. The van der Waals surface area contributed by atoms with Gasteiger partial charge in [-0.05, 0) is 55.2 Å². The zero-order valence-corrected chi connectivity index (χ0v) is 26.0. The summed E-state index contributed by atoms with van der Waals surface area (Å²) in [6.07, 6.45) is 9.73. The number of hydrogen-bond acceptors (Lipinski definition) is 8. The largest absolute Gasteiger partial charge is 0.462 e. The second-order valence-electron chi connectivity index (χ2n) is 13.6. The molecular formula is C34H50O8. The van der Waals surface area contributed by atoms with Gasteiger partial charge in [-0.3, -0.25) is 4.79 Å². The number of aliphatic hydroxyl groups is 3. The number of allylic oxidation sites excluding steroid dienone is 2. The Bertz CT molecular complexity index is 1140. The van der Waals surface area contributed by atoms with Gasteiger partial charge >= 0.3 is 5.97 Å². The second-order valence-corrected chi connectivity index (χ2v) is 13.6. The molecule has 5 aliphatic rings. The van der Waals surface area contributed by atoms with Crippen LogP contribution in [0.5, 0.6) is 0 Å². The van der Waals surface area contributed by atoms with Crippen molar-refractivity contribution < 1.29 is 39.1 Å². The molecule has 0 aromatic heterocycles. The molecule has 12 atom stereocenters. The van der Waals surface area contributed by atoms with E-state index >= 15 is 0 Å². The number of esters is 1. The summed E-state index contributed by atoms with van der Waals surface area (Å²) < 4.78 is 25.7.